The molecule has 0 aliphatic carbocycles. The van der Waals surface area contributed by atoms with Crippen molar-refractivity contribution in [1.82, 2.24) is 9.97 Å². The summed E-state index contributed by atoms with van der Waals surface area (Å²) in [6, 6.07) is 70.9. The van der Waals surface area contributed by atoms with Gasteiger partial charge in [-0.1, -0.05) is 115 Å². The first kappa shape index (κ1) is 33.0. The lowest BCUT2D eigenvalue weighted by atomic mass is 10.0. The van der Waals surface area contributed by atoms with Crippen LogP contribution in [0.25, 0.3) is 87.1 Å². The van der Waals surface area contributed by atoms with E-state index in [4.69, 9.17) is 9.40 Å². The second-order valence-corrected chi connectivity index (χ2v) is 15.3. The maximum absolute atomic E-state index is 6.02. The second kappa shape index (κ2) is 13.7. The van der Waals surface area contributed by atoms with Crippen molar-refractivity contribution >= 4 is 71.3 Å². The molecule has 2 heterocycles. The summed E-state index contributed by atoms with van der Waals surface area (Å²) in [5.41, 5.74) is 12.6. The Bertz CT molecular complexity index is 2990. The van der Waals surface area contributed by atoms with Crippen LogP contribution in [0.2, 0.25) is 0 Å². The third-order valence-electron chi connectivity index (χ3n) is 10.7. The number of nitrogens with zero attached hydrogens (tertiary/aromatic N) is 3. The lowest BCUT2D eigenvalue weighted by molar-refractivity contribution is 0.620. The van der Waals surface area contributed by atoms with Crippen LogP contribution in [-0.2, 0) is 0 Å². The minimum absolute atomic E-state index is 0.629. The fourth-order valence-corrected chi connectivity index (χ4v) is 8.69. The third kappa shape index (κ3) is 6.21. The fourth-order valence-electron chi connectivity index (χ4n) is 7.72. The van der Waals surface area contributed by atoms with Crippen LogP contribution in [0.15, 0.2) is 205 Å². The number of hydrogen-bond donors (Lipinski definition) is 0. The molecule has 0 saturated carbocycles. The molecule has 11 aromatic rings. The molecular formula is C52H33N3OS. The summed E-state index contributed by atoms with van der Waals surface area (Å²) in [6.07, 6.45) is 0. The van der Waals surface area contributed by atoms with Crippen LogP contribution >= 0.6 is 11.3 Å². The summed E-state index contributed by atoms with van der Waals surface area (Å²) in [7, 11) is 0. The average Bonchev–Trinajstić information content (AvgIpc) is 3.92. The predicted octanol–water partition coefficient (Wildman–Crippen LogP) is 14.9. The molecule has 0 aliphatic heterocycles. The van der Waals surface area contributed by atoms with Gasteiger partial charge in [0.05, 0.1) is 10.2 Å². The summed E-state index contributed by atoms with van der Waals surface area (Å²) in [5.74, 6) is 0.629. The van der Waals surface area contributed by atoms with E-state index in [2.05, 4.69) is 180 Å². The highest BCUT2D eigenvalue weighted by Gasteiger charge is 2.15. The van der Waals surface area contributed by atoms with Gasteiger partial charge in [-0.2, -0.15) is 0 Å². The lowest BCUT2D eigenvalue weighted by Gasteiger charge is -2.26. The summed E-state index contributed by atoms with van der Waals surface area (Å²) in [4.78, 5) is 11.9. The van der Waals surface area contributed by atoms with E-state index in [0.717, 1.165) is 66.5 Å². The van der Waals surface area contributed by atoms with Crippen molar-refractivity contribution in [3.05, 3.63) is 200 Å². The van der Waals surface area contributed by atoms with Gasteiger partial charge in [-0.25, -0.2) is 9.97 Å². The summed E-state index contributed by atoms with van der Waals surface area (Å²) in [5, 5.41) is 5.95. The number of anilines is 3. The number of para-hydroxylation sites is 3. The highest BCUT2D eigenvalue weighted by atomic mass is 32.1. The Balaban J connectivity index is 0.923. The Morgan fingerprint density at radius 1 is 0.368 bits per heavy atom. The normalized spacial score (nSPS) is 11.5. The highest BCUT2D eigenvalue weighted by molar-refractivity contribution is 7.21. The Hall–Kier alpha value is -7.34. The Morgan fingerprint density at radius 3 is 1.49 bits per heavy atom. The molecule has 268 valence electrons. The van der Waals surface area contributed by atoms with Crippen LogP contribution in [0, 0.1) is 0 Å². The van der Waals surface area contributed by atoms with Gasteiger partial charge < -0.3 is 9.32 Å². The second-order valence-electron chi connectivity index (χ2n) is 14.3. The van der Waals surface area contributed by atoms with Crippen LogP contribution in [0.3, 0.4) is 0 Å². The Kier molecular flexibility index (Phi) is 7.97. The van der Waals surface area contributed by atoms with Crippen molar-refractivity contribution in [2.75, 3.05) is 4.90 Å². The summed E-state index contributed by atoms with van der Waals surface area (Å²) >= 11 is 1.73. The van der Waals surface area contributed by atoms with E-state index in [1.54, 1.807) is 11.3 Å². The number of thiazole rings is 1. The zero-order chi connectivity index (χ0) is 37.7. The van der Waals surface area contributed by atoms with E-state index in [1.807, 2.05) is 30.3 Å². The largest absolute Gasteiger partial charge is 0.436 e. The van der Waals surface area contributed by atoms with Crippen molar-refractivity contribution < 1.29 is 4.42 Å². The van der Waals surface area contributed by atoms with E-state index in [-0.39, 0.29) is 0 Å². The van der Waals surface area contributed by atoms with Crippen LogP contribution in [-0.4, -0.2) is 9.97 Å². The van der Waals surface area contributed by atoms with Gasteiger partial charge in [-0.05, 0) is 129 Å². The van der Waals surface area contributed by atoms with Crippen molar-refractivity contribution in [2.45, 2.75) is 0 Å². The molecule has 0 bridgehead atoms. The van der Waals surface area contributed by atoms with Gasteiger partial charge in [0.2, 0.25) is 5.89 Å². The molecule has 0 spiro atoms. The van der Waals surface area contributed by atoms with Crippen LogP contribution in [0.4, 0.5) is 17.1 Å². The van der Waals surface area contributed by atoms with E-state index in [9.17, 15) is 0 Å². The fraction of sp³-hybridized carbons (Fsp3) is 0. The molecule has 0 radical (unpaired) electrons. The molecule has 0 atom stereocenters. The average molecular weight is 748 g/mol. The van der Waals surface area contributed by atoms with Crippen molar-refractivity contribution in [1.29, 1.82) is 0 Å². The van der Waals surface area contributed by atoms with Gasteiger partial charge >= 0.3 is 0 Å². The van der Waals surface area contributed by atoms with Gasteiger partial charge in [0.15, 0.2) is 5.58 Å². The topological polar surface area (TPSA) is 42.2 Å². The molecule has 0 fully saturated rings. The van der Waals surface area contributed by atoms with Crippen molar-refractivity contribution in [2.24, 2.45) is 0 Å². The molecule has 0 saturated heterocycles. The first-order valence-corrected chi connectivity index (χ1v) is 19.9. The first-order chi connectivity index (χ1) is 28.2. The number of hydrogen-bond acceptors (Lipinski definition) is 5. The zero-order valence-corrected chi connectivity index (χ0v) is 31.5. The first-order valence-electron chi connectivity index (χ1n) is 19.0. The van der Waals surface area contributed by atoms with Gasteiger partial charge in [0.1, 0.15) is 10.5 Å². The summed E-state index contributed by atoms with van der Waals surface area (Å²) < 4.78 is 7.22. The number of aromatic nitrogens is 2. The smallest absolute Gasteiger partial charge is 0.227 e. The van der Waals surface area contributed by atoms with E-state index >= 15 is 0 Å². The molecule has 2 aromatic heterocycles. The SMILES string of the molecule is c1ccc2cc3cc(N(c4ccc(-c5ccc(-c6nc7ccccc7o6)cc5)cc4)c4ccc(-c5ccc(-c6nc7ccccc7s6)cc5)cc4)ccc3cc2c1. The number of rotatable bonds is 7. The van der Waals surface area contributed by atoms with Gasteiger partial charge in [-0.3, -0.25) is 0 Å². The maximum atomic E-state index is 6.02. The van der Waals surface area contributed by atoms with Gasteiger partial charge in [-0.15, -0.1) is 11.3 Å². The molecule has 11 rings (SSSR count). The Morgan fingerprint density at radius 2 is 0.860 bits per heavy atom. The number of oxazole rings is 1. The zero-order valence-electron chi connectivity index (χ0n) is 30.7. The minimum Gasteiger partial charge on any atom is -0.436 e. The van der Waals surface area contributed by atoms with Crippen molar-refractivity contribution in [3.8, 4) is 44.3 Å². The number of fused-ring (bicyclic) bond motifs is 4. The molecule has 0 N–H and O–H groups in total. The minimum atomic E-state index is 0.629. The third-order valence-corrected chi connectivity index (χ3v) is 11.8. The Labute approximate surface area is 333 Å². The van der Waals surface area contributed by atoms with Crippen LogP contribution in [0.5, 0.6) is 0 Å². The van der Waals surface area contributed by atoms with Gasteiger partial charge in [0, 0.05) is 28.2 Å². The van der Waals surface area contributed by atoms with E-state index in [0.29, 0.717) is 5.89 Å². The monoisotopic (exact) mass is 747 g/mol. The van der Waals surface area contributed by atoms with Crippen LogP contribution in [0.1, 0.15) is 0 Å². The predicted molar refractivity (Wildman–Crippen MR) is 239 cm³/mol. The quantitative estimate of drug-likeness (QED) is 0.152. The highest BCUT2D eigenvalue weighted by Crippen LogP contribution is 2.39. The molecule has 4 nitrogen and oxygen atoms in total. The van der Waals surface area contributed by atoms with Crippen molar-refractivity contribution in [3.63, 3.8) is 0 Å². The van der Waals surface area contributed by atoms with E-state index < -0.39 is 0 Å². The van der Waals surface area contributed by atoms with Gasteiger partial charge in [0.25, 0.3) is 0 Å². The lowest BCUT2D eigenvalue weighted by Crippen LogP contribution is -2.09. The molecule has 57 heavy (non-hydrogen) atoms. The maximum Gasteiger partial charge on any atom is 0.227 e. The van der Waals surface area contributed by atoms with E-state index in [1.165, 1.54) is 31.8 Å². The molecule has 9 aromatic carbocycles. The molecule has 0 unspecified atom stereocenters. The summed E-state index contributed by atoms with van der Waals surface area (Å²) in [6.45, 7) is 0. The number of benzene rings is 9. The molecule has 5 heteroatoms. The standard InChI is InChI=1S/C52H33N3OS/c1-2-8-41-32-43-33-46(30-25-42(43)31-40(41)7-1)55(44-26-21-36(22-27-44)34-13-17-38(18-14-34)51-53-47-9-3-5-11-49(47)56-51)45-28-23-37(24-29-45)35-15-19-39(20-16-35)52-54-48-10-4-6-12-50(48)57-52/h1-33H. The molecule has 0 amide bonds. The molecule has 0 aliphatic rings. The van der Waals surface area contributed by atoms with Crippen LogP contribution < -0.4 is 4.90 Å². The molecular weight excluding hydrogens is 715 g/mol.